The number of hydrogen-bond donors (Lipinski definition) is 11. The molecule has 21 atom stereocenters. The molecule has 0 aromatic rings. The average molecular weight is 801 g/mol. The summed E-state index contributed by atoms with van der Waals surface area (Å²) in [7, 11) is 0. The van der Waals surface area contributed by atoms with Gasteiger partial charge in [-0.25, -0.2) is 0 Å². The number of hydrogen-bond acceptors (Lipinski definition) is 14. The van der Waals surface area contributed by atoms with Crippen LogP contribution in [0.4, 0.5) is 0 Å². The van der Waals surface area contributed by atoms with Gasteiger partial charge in [0.25, 0.3) is 0 Å². The number of rotatable bonds is 10. The third-order valence-corrected chi connectivity index (χ3v) is 17.2. The molecule has 0 spiro atoms. The summed E-state index contributed by atoms with van der Waals surface area (Å²) >= 11 is 0. The molecule has 0 bridgehead atoms. The number of aliphatic hydroxyl groups is 11. The van der Waals surface area contributed by atoms with Crippen molar-refractivity contribution in [1.29, 1.82) is 0 Å². The number of fused-ring (bicyclic) bond motifs is 5. The maximum Gasteiger partial charge on any atom is 0.186 e. The van der Waals surface area contributed by atoms with Gasteiger partial charge in [0.05, 0.1) is 36.6 Å². The van der Waals surface area contributed by atoms with Crippen LogP contribution in [0.3, 0.4) is 0 Å². The van der Waals surface area contributed by atoms with Crippen LogP contribution in [0.5, 0.6) is 0 Å². The van der Waals surface area contributed by atoms with E-state index in [-0.39, 0.29) is 36.5 Å². The molecule has 6 aliphatic rings. The number of ether oxygens (including phenoxy) is 3. The van der Waals surface area contributed by atoms with E-state index in [2.05, 4.69) is 41.2 Å². The van der Waals surface area contributed by atoms with E-state index in [1.807, 2.05) is 0 Å². The van der Waals surface area contributed by atoms with Crippen molar-refractivity contribution in [2.45, 2.75) is 191 Å². The first-order valence-electron chi connectivity index (χ1n) is 20.9. The molecule has 0 aromatic carbocycles. The predicted molar refractivity (Wildman–Crippen MR) is 202 cm³/mol. The monoisotopic (exact) mass is 800 g/mol. The van der Waals surface area contributed by atoms with E-state index < -0.39 is 126 Å². The van der Waals surface area contributed by atoms with Crippen molar-refractivity contribution >= 4 is 0 Å². The van der Waals surface area contributed by atoms with Crippen LogP contribution in [-0.4, -0.2) is 154 Å². The van der Waals surface area contributed by atoms with Crippen LogP contribution >= 0.6 is 0 Å². The molecular formula is C42H72O14. The molecule has 2 heterocycles. The molecule has 324 valence electrons. The summed E-state index contributed by atoms with van der Waals surface area (Å²) < 4.78 is 18.5. The van der Waals surface area contributed by atoms with Gasteiger partial charge in [-0.2, -0.15) is 0 Å². The predicted octanol–water partition coefficient (Wildman–Crippen LogP) is 0.508. The first-order chi connectivity index (χ1) is 25.9. The summed E-state index contributed by atoms with van der Waals surface area (Å²) in [6.45, 7) is 17.1. The lowest BCUT2D eigenvalue weighted by molar-refractivity contribution is -0.344. The molecule has 11 N–H and O–H groups in total. The lowest BCUT2D eigenvalue weighted by Gasteiger charge is -2.73. The molecule has 6 rings (SSSR count). The Balaban J connectivity index is 1.39. The van der Waals surface area contributed by atoms with Gasteiger partial charge in [-0.15, -0.1) is 0 Å². The van der Waals surface area contributed by atoms with Crippen LogP contribution in [0.25, 0.3) is 0 Å². The minimum absolute atomic E-state index is 0.0137. The topological polar surface area (TPSA) is 250 Å². The fourth-order valence-electron chi connectivity index (χ4n) is 13.8. The Morgan fingerprint density at radius 3 is 1.95 bits per heavy atom. The zero-order chi connectivity index (χ0) is 41.7. The summed E-state index contributed by atoms with van der Waals surface area (Å²) in [5.41, 5.74) is -4.56. The minimum atomic E-state index is -1.84. The molecule has 2 aliphatic heterocycles. The van der Waals surface area contributed by atoms with Crippen molar-refractivity contribution in [3.8, 4) is 0 Å². The Morgan fingerprint density at radius 1 is 0.786 bits per heavy atom. The maximum absolute atomic E-state index is 13.6. The fraction of sp³-hybridized carbons (Fsp3) is 0.952. The van der Waals surface area contributed by atoms with Crippen molar-refractivity contribution < 1.29 is 70.4 Å². The van der Waals surface area contributed by atoms with Crippen LogP contribution in [0.1, 0.15) is 106 Å². The SMILES string of the molecule is C=C(C)[C@@H](O)CC[C@](C)(O)[C@H]1CC[C@@]2(C)[C@@H]1[C@@](O)([C@@H]1O[C@H](CO)[C@@H](O)[C@H](O)[C@H]1O)C[C@@H]1[C@@]3(C)CC[C@H](O[C@@H]4O[C@H](CO)[C@@H](O)[C@H](O)[C@H]4O)C(C)(C)C3CC[C@]12C. The zero-order valence-electron chi connectivity index (χ0n) is 34.4. The molecule has 4 saturated carbocycles. The van der Waals surface area contributed by atoms with E-state index in [0.717, 1.165) is 12.8 Å². The van der Waals surface area contributed by atoms with E-state index >= 15 is 0 Å². The maximum atomic E-state index is 13.6. The zero-order valence-corrected chi connectivity index (χ0v) is 34.4. The Morgan fingerprint density at radius 2 is 1.36 bits per heavy atom. The molecule has 14 nitrogen and oxygen atoms in total. The van der Waals surface area contributed by atoms with Crippen molar-refractivity contribution in [2.75, 3.05) is 13.2 Å². The van der Waals surface area contributed by atoms with Crippen LogP contribution in [0.15, 0.2) is 12.2 Å². The van der Waals surface area contributed by atoms with Gasteiger partial charge < -0.3 is 70.4 Å². The normalized spacial score (nSPS) is 53.3. The fourth-order valence-corrected chi connectivity index (χ4v) is 13.8. The van der Waals surface area contributed by atoms with Gasteiger partial charge in [-0.1, -0.05) is 46.8 Å². The Labute approximate surface area is 331 Å². The van der Waals surface area contributed by atoms with Gasteiger partial charge in [0.15, 0.2) is 6.29 Å². The molecule has 2 saturated heterocycles. The molecule has 4 aliphatic carbocycles. The second kappa shape index (κ2) is 15.3. The van der Waals surface area contributed by atoms with Crippen LogP contribution < -0.4 is 0 Å². The lowest BCUT2D eigenvalue weighted by Crippen LogP contribution is -2.75. The highest BCUT2D eigenvalue weighted by atomic mass is 16.7. The molecular weight excluding hydrogens is 728 g/mol. The highest BCUT2D eigenvalue weighted by Gasteiger charge is 2.76. The number of aliphatic hydroxyl groups excluding tert-OH is 9. The smallest absolute Gasteiger partial charge is 0.186 e. The lowest BCUT2D eigenvalue weighted by atomic mass is 9.33. The quantitative estimate of drug-likeness (QED) is 0.107. The van der Waals surface area contributed by atoms with Crippen molar-refractivity contribution in [3.05, 3.63) is 12.2 Å². The highest BCUT2D eigenvalue weighted by Crippen LogP contribution is 2.78. The Kier molecular flexibility index (Phi) is 12.2. The van der Waals surface area contributed by atoms with E-state index in [1.165, 1.54) is 0 Å². The summed E-state index contributed by atoms with van der Waals surface area (Å²) in [6.07, 6.45) is -11.3. The Bertz CT molecular complexity index is 1420. The summed E-state index contributed by atoms with van der Waals surface area (Å²) in [5.74, 6) is -1.30. The third kappa shape index (κ3) is 6.68. The minimum Gasteiger partial charge on any atom is -0.394 e. The van der Waals surface area contributed by atoms with Crippen molar-refractivity contribution in [2.24, 2.45) is 45.3 Å². The molecule has 0 amide bonds. The largest absolute Gasteiger partial charge is 0.394 e. The van der Waals surface area contributed by atoms with Gasteiger partial charge in [-0.3, -0.25) is 0 Å². The Hall–Kier alpha value is -0.820. The van der Waals surface area contributed by atoms with Gasteiger partial charge in [0.1, 0.15) is 54.9 Å². The van der Waals surface area contributed by atoms with Crippen LogP contribution in [-0.2, 0) is 14.2 Å². The second-order valence-corrected chi connectivity index (χ2v) is 20.5. The molecule has 0 radical (unpaired) electrons. The first kappa shape index (κ1) is 44.7. The summed E-state index contributed by atoms with van der Waals surface area (Å²) in [5, 5.41) is 122. The van der Waals surface area contributed by atoms with Gasteiger partial charge >= 0.3 is 0 Å². The van der Waals surface area contributed by atoms with Gasteiger partial charge in [-0.05, 0) is 111 Å². The highest BCUT2D eigenvalue weighted by molar-refractivity contribution is 5.25. The van der Waals surface area contributed by atoms with Gasteiger partial charge in [0, 0.05) is 5.92 Å². The molecule has 14 heteroatoms. The third-order valence-electron chi connectivity index (χ3n) is 17.2. The van der Waals surface area contributed by atoms with E-state index in [9.17, 15) is 56.2 Å². The van der Waals surface area contributed by atoms with E-state index in [1.54, 1.807) is 13.8 Å². The van der Waals surface area contributed by atoms with Gasteiger partial charge in [0.2, 0.25) is 0 Å². The first-order valence-corrected chi connectivity index (χ1v) is 20.9. The standard InChI is InChI=1S/C42H72O14/c1-20(2)22(45)10-16-41(8,52)21-9-14-40(7)34(21)42(53,35-32(50)30(48)28(46)23(18-43)54-35)17-26-38(5)13-12-27(37(3,4)25(38)11-15-39(26,40)6)56-36-33(51)31(49)29(47)24(19-44)55-36/h21-36,43-53H,1,9-19H2,2-8H3/t21-,22-,23+,24+,25?,26+,27-,28+,29+,30-,31-,32+,33+,34+,35+,36-,38-,39+,40-,41-,42+/m0/s1. The second-order valence-electron chi connectivity index (χ2n) is 20.5. The molecule has 0 aromatic heterocycles. The van der Waals surface area contributed by atoms with Crippen molar-refractivity contribution in [3.63, 3.8) is 0 Å². The van der Waals surface area contributed by atoms with Crippen molar-refractivity contribution in [1.82, 2.24) is 0 Å². The summed E-state index contributed by atoms with van der Waals surface area (Å²) in [4.78, 5) is 0. The van der Waals surface area contributed by atoms with Crippen LogP contribution in [0, 0.1) is 45.3 Å². The molecule has 6 fully saturated rings. The molecule has 1 unspecified atom stereocenters. The summed E-state index contributed by atoms with van der Waals surface area (Å²) in [6, 6.07) is 0. The average Bonchev–Trinajstić information content (AvgIpc) is 3.53. The van der Waals surface area contributed by atoms with Crippen LogP contribution in [0.2, 0.25) is 0 Å². The van der Waals surface area contributed by atoms with E-state index in [0.29, 0.717) is 31.3 Å². The van der Waals surface area contributed by atoms with E-state index in [4.69, 9.17) is 14.2 Å². The molecule has 56 heavy (non-hydrogen) atoms.